The highest BCUT2D eigenvalue weighted by Crippen LogP contribution is 2.33. The van der Waals surface area contributed by atoms with Crippen molar-refractivity contribution < 1.29 is 14.3 Å². The van der Waals surface area contributed by atoms with Gasteiger partial charge in [0.15, 0.2) is 5.54 Å². The Morgan fingerprint density at radius 3 is 2.89 bits per heavy atom. The van der Waals surface area contributed by atoms with Gasteiger partial charge in [-0.1, -0.05) is 11.6 Å². The van der Waals surface area contributed by atoms with Gasteiger partial charge >= 0.3 is 5.97 Å². The van der Waals surface area contributed by atoms with Gasteiger partial charge in [0.05, 0.1) is 18.2 Å². The average molecular weight is 349 g/mol. The van der Waals surface area contributed by atoms with Crippen molar-refractivity contribution in [2.24, 2.45) is 0 Å². The highest BCUT2D eigenvalue weighted by atomic mass is 79.9. The Bertz CT molecular complexity index is 497. The van der Waals surface area contributed by atoms with Crippen LogP contribution in [0.1, 0.15) is 13.3 Å². The molecule has 0 aromatic heterocycles. The van der Waals surface area contributed by atoms with Crippen LogP contribution >= 0.6 is 27.5 Å². The fourth-order valence-corrected chi connectivity index (χ4v) is 2.74. The van der Waals surface area contributed by atoms with Gasteiger partial charge in [0.25, 0.3) is 0 Å². The normalized spacial score (nSPS) is 26.2. The molecule has 0 saturated carbocycles. The summed E-state index contributed by atoms with van der Waals surface area (Å²) in [5.74, 6) is -0.316. The molecule has 1 aromatic carbocycles. The van der Waals surface area contributed by atoms with Crippen LogP contribution in [-0.2, 0) is 14.3 Å². The lowest BCUT2D eigenvalue weighted by Gasteiger charge is -2.31. The topological polar surface area (TPSA) is 47.6 Å². The van der Waals surface area contributed by atoms with Gasteiger partial charge < -0.3 is 14.8 Å². The van der Waals surface area contributed by atoms with E-state index in [0.29, 0.717) is 18.1 Å². The van der Waals surface area contributed by atoms with E-state index in [1.165, 1.54) is 7.11 Å². The highest BCUT2D eigenvalue weighted by Gasteiger charge is 2.49. The summed E-state index contributed by atoms with van der Waals surface area (Å²) in [5.41, 5.74) is -0.0545. The minimum Gasteiger partial charge on any atom is -0.467 e. The standard InChI is InChI=1S/C13H15BrClNO3/c1-8-13(5-6-19-8,12(17)18-2)16-9-3-4-11(15)10(14)7-9/h3-4,7-8,16H,5-6H2,1-2H3. The Morgan fingerprint density at radius 2 is 2.37 bits per heavy atom. The van der Waals surface area contributed by atoms with Gasteiger partial charge in [0.2, 0.25) is 0 Å². The van der Waals surface area contributed by atoms with E-state index in [9.17, 15) is 4.79 Å². The van der Waals surface area contributed by atoms with Crippen molar-refractivity contribution in [3.05, 3.63) is 27.7 Å². The van der Waals surface area contributed by atoms with Crippen molar-refractivity contribution >= 4 is 39.2 Å². The predicted octanol–water partition coefficient (Wildman–Crippen LogP) is 3.24. The van der Waals surface area contributed by atoms with E-state index in [-0.39, 0.29) is 12.1 Å². The van der Waals surface area contributed by atoms with Crippen LogP contribution in [0.15, 0.2) is 22.7 Å². The summed E-state index contributed by atoms with van der Waals surface area (Å²) in [5, 5.41) is 3.85. The fraction of sp³-hybridized carbons (Fsp3) is 0.462. The van der Waals surface area contributed by atoms with Crippen molar-refractivity contribution in [2.45, 2.75) is 25.0 Å². The number of ether oxygens (including phenoxy) is 2. The molecule has 0 spiro atoms. The molecular formula is C13H15BrClNO3. The maximum absolute atomic E-state index is 12.1. The summed E-state index contributed by atoms with van der Waals surface area (Å²) in [6.07, 6.45) is 0.315. The van der Waals surface area contributed by atoms with E-state index in [4.69, 9.17) is 21.1 Å². The van der Waals surface area contributed by atoms with Crippen molar-refractivity contribution in [3.8, 4) is 0 Å². The molecule has 1 aliphatic rings. The quantitative estimate of drug-likeness (QED) is 0.852. The van der Waals surface area contributed by atoms with Crippen LogP contribution in [0.5, 0.6) is 0 Å². The summed E-state index contributed by atoms with van der Waals surface area (Å²) >= 11 is 9.32. The van der Waals surface area contributed by atoms with Crippen molar-refractivity contribution in [1.82, 2.24) is 0 Å². The second kappa shape index (κ2) is 5.69. The van der Waals surface area contributed by atoms with Crippen LogP contribution in [0.2, 0.25) is 5.02 Å². The molecule has 1 N–H and O–H groups in total. The van der Waals surface area contributed by atoms with Gasteiger partial charge in [0, 0.05) is 23.2 Å². The van der Waals surface area contributed by atoms with Crippen LogP contribution in [0, 0.1) is 0 Å². The summed E-state index contributed by atoms with van der Waals surface area (Å²) < 4.78 is 11.2. The third-order valence-electron chi connectivity index (χ3n) is 3.39. The first-order chi connectivity index (χ1) is 8.99. The summed E-state index contributed by atoms with van der Waals surface area (Å²) in [6.45, 7) is 2.39. The second-order valence-electron chi connectivity index (χ2n) is 4.48. The number of nitrogens with one attached hydrogen (secondary N) is 1. The second-order valence-corrected chi connectivity index (χ2v) is 5.74. The molecule has 1 heterocycles. The number of carbonyl (C=O) groups is 1. The van der Waals surface area contributed by atoms with E-state index in [2.05, 4.69) is 21.2 Å². The molecule has 104 valence electrons. The van der Waals surface area contributed by atoms with Crippen molar-refractivity contribution in [3.63, 3.8) is 0 Å². The molecular weight excluding hydrogens is 334 g/mol. The van der Waals surface area contributed by atoms with Crippen molar-refractivity contribution in [1.29, 1.82) is 0 Å². The van der Waals surface area contributed by atoms with E-state index < -0.39 is 5.54 Å². The SMILES string of the molecule is COC(=O)C1(Nc2ccc(Cl)c(Br)c2)CCOC1C. The van der Waals surface area contributed by atoms with Gasteiger partial charge in [-0.2, -0.15) is 0 Å². The van der Waals surface area contributed by atoms with Gasteiger partial charge in [-0.05, 0) is 41.1 Å². The Kier molecular flexibility index (Phi) is 4.38. The number of halogens is 2. The van der Waals surface area contributed by atoms with E-state index in [1.54, 1.807) is 6.07 Å². The average Bonchev–Trinajstić information content (AvgIpc) is 2.75. The van der Waals surface area contributed by atoms with E-state index >= 15 is 0 Å². The Hall–Kier alpha value is -0.780. The Balaban J connectivity index is 2.30. The molecule has 0 aliphatic carbocycles. The molecule has 2 rings (SSSR count). The van der Waals surface area contributed by atoms with Gasteiger partial charge in [0.1, 0.15) is 0 Å². The van der Waals surface area contributed by atoms with E-state index in [1.807, 2.05) is 19.1 Å². The number of methoxy groups -OCH3 is 1. The van der Waals surface area contributed by atoms with Gasteiger partial charge in [-0.3, -0.25) is 0 Å². The number of rotatable bonds is 3. The smallest absolute Gasteiger partial charge is 0.334 e. The van der Waals surface area contributed by atoms with Crippen LogP contribution in [0.4, 0.5) is 5.69 Å². The predicted molar refractivity (Wildman–Crippen MR) is 77.6 cm³/mol. The molecule has 4 nitrogen and oxygen atoms in total. The van der Waals surface area contributed by atoms with Gasteiger partial charge in [-0.15, -0.1) is 0 Å². The lowest BCUT2D eigenvalue weighted by molar-refractivity contribution is -0.147. The maximum Gasteiger partial charge on any atom is 0.334 e. The molecule has 1 fully saturated rings. The molecule has 2 unspecified atom stereocenters. The zero-order chi connectivity index (χ0) is 14.0. The first-order valence-electron chi connectivity index (χ1n) is 5.93. The van der Waals surface area contributed by atoms with Crippen LogP contribution < -0.4 is 5.32 Å². The number of esters is 1. The monoisotopic (exact) mass is 347 g/mol. The molecule has 2 atom stereocenters. The largest absolute Gasteiger partial charge is 0.467 e. The zero-order valence-corrected chi connectivity index (χ0v) is 13.0. The first-order valence-corrected chi connectivity index (χ1v) is 7.10. The maximum atomic E-state index is 12.1. The Morgan fingerprint density at radius 1 is 1.63 bits per heavy atom. The molecule has 19 heavy (non-hydrogen) atoms. The lowest BCUT2D eigenvalue weighted by Crippen LogP contribution is -2.52. The third-order valence-corrected chi connectivity index (χ3v) is 4.61. The molecule has 1 aliphatic heterocycles. The van der Waals surface area contributed by atoms with Crippen LogP contribution in [-0.4, -0.2) is 31.3 Å². The molecule has 0 amide bonds. The molecule has 0 radical (unpaired) electrons. The van der Waals surface area contributed by atoms with Crippen molar-refractivity contribution in [2.75, 3.05) is 19.0 Å². The molecule has 1 saturated heterocycles. The molecule has 1 aromatic rings. The summed E-state index contributed by atoms with van der Waals surface area (Å²) in [4.78, 5) is 12.1. The number of benzene rings is 1. The van der Waals surface area contributed by atoms with Gasteiger partial charge in [-0.25, -0.2) is 4.79 Å². The fourth-order valence-electron chi connectivity index (χ4n) is 2.24. The van der Waals surface area contributed by atoms with Crippen LogP contribution in [0.3, 0.4) is 0 Å². The summed E-state index contributed by atoms with van der Waals surface area (Å²) in [7, 11) is 1.38. The first kappa shape index (κ1) is 14.6. The number of carbonyl (C=O) groups excluding carboxylic acids is 1. The highest BCUT2D eigenvalue weighted by molar-refractivity contribution is 9.10. The molecule has 0 bridgehead atoms. The third kappa shape index (κ3) is 2.73. The van der Waals surface area contributed by atoms with Crippen LogP contribution in [0.25, 0.3) is 0 Å². The minimum absolute atomic E-state index is 0.255. The zero-order valence-electron chi connectivity index (χ0n) is 10.7. The molecule has 6 heteroatoms. The minimum atomic E-state index is -0.845. The van der Waals surface area contributed by atoms with E-state index in [0.717, 1.165) is 10.2 Å². The lowest BCUT2D eigenvalue weighted by atomic mass is 9.91. The number of anilines is 1. The number of hydrogen-bond donors (Lipinski definition) is 1. The Labute approximate surface area is 125 Å². The summed E-state index contributed by atoms with van der Waals surface area (Å²) in [6, 6.07) is 5.42. The number of hydrogen-bond acceptors (Lipinski definition) is 4.